The second kappa shape index (κ2) is 5.51. The van der Waals surface area contributed by atoms with Crippen LogP contribution in [0.2, 0.25) is 10.0 Å². The number of anilines is 1. The first-order valence-corrected chi connectivity index (χ1v) is 7.23. The highest BCUT2D eigenvalue weighted by atomic mass is 35.5. The molecule has 21 heavy (non-hydrogen) atoms. The van der Waals surface area contributed by atoms with Crippen LogP contribution < -0.4 is 4.90 Å². The smallest absolute Gasteiger partial charge is 0.299 e. The molecule has 0 aromatic heterocycles. The Hall–Kier alpha value is -1.84. The molecule has 0 radical (unpaired) electrons. The molecule has 3 rings (SSSR count). The predicted molar refractivity (Wildman–Crippen MR) is 83.3 cm³/mol. The molecule has 0 unspecified atom stereocenters. The zero-order valence-electron chi connectivity index (χ0n) is 11.0. The third-order valence-corrected chi connectivity index (χ3v) is 4.10. The number of ketones is 1. The number of benzene rings is 2. The number of fused-ring (bicyclic) bond motifs is 1. The molecule has 0 spiro atoms. The highest BCUT2D eigenvalue weighted by Crippen LogP contribution is 2.39. The fraction of sp³-hybridized carbons (Fsp3) is 0.125. The van der Waals surface area contributed by atoms with E-state index >= 15 is 0 Å². The van der Waals surface area contributed by atoms with Gasteiger partial charge < -0.3 is 4.90 Å². The monoisotopic (exact) mass is 319 g/mol. The molecule has 0 saturated heterocycles. The lowest BCUT2D eigenvalue weighted by Gasteiger charge is -2.17. The molecule has 106 valence electrons. The first-order valence-electron chi connectivity index (χ1n) is 6.47. The number of hydrogen-bond donors (Lipinski definition) is 0. The van der Waals surface area contributed by atoms with Crippen LogP contribution in [-0.2, 0) is 11.2 Å². The van der Waals surface area contributed by atoms with Crippen LogP contribution in [-0.4, -0.2) is 18.2 Å². The van der Waals surface area contributed by atoms with Crippen molar-refractivity contribution in [1.29, 1.82) is 0 Å². The van der Waals surface area contributed by atoms with Gasteiger partial charge in [-0.1, -0.05) is 53.5 Å². The number of carbonyl (C=O) groups excluding carboxylic acids is 2. The van der Waals surface area contributed by atoms with Gasteiger partial charge in [-0.05, 0) is 24.1 Å². The van der Waals surface area contributed by atoms with E-state index in [0.717, 1.165) is 5.56 Å². The third kappa shape index (κ3) is 2.43. The topological polar surface area (TPSA) is 37.4 Å². The Labute approximate surface area is 132 Å². The maximum atomic E-state index is 12.1. The van der Waals surface area contributed by atoms with Gasteiger partial charge >= 0.3 is 0 Å². The van der Waals surface area contributed by atoms with E-state index in [1.165, 1.54) is 11.0 Å². The van der Waals surface area contributed by atoms with E-state index in [0.29, 0.717) is 23.7 Å². The Morgan fingerprint density at radius 1 is 0.905 bits per heavy atom. The molecule has 1 aliphatic rings. The van der Waals surface area contributed by atoms with E-state index in [1.807, 2.05) is 30.3 Å². The third-order valence-electron chi connectivity index (χ3n) is 3.48. The minimum Gasteiger partial charge on any atom is -0.303 e. The standard InChI is InChI=1S/C16H11Cl2NO2/c17-11-6-7-12(18)14-13(11)15(20)16(21)19(14)9-8-10-4-2-1-3-5-10/h1-7H,8-9H2. The molecule has 1 heterocycles. The van der Waals surface area contributed by atoms with Crippen molar-refractivity contribution in [2.45, 2.75) is 6.42 Å². The summed E-state index contributed by atoms with van der Waals surface area (Å²) in [5, 5.41) is 0.622. The minimum absolute atomic E-state index is 0.210. The largest absolute Gasteiger partial charge is 0.303 e. The van der Waals surface area contributed by atoms with Gasteiger partial charge in [0.2, 0.25) is 0 Å². The van der Waals surface area contributed by atoms with E-state index in [-0.39, 0.29) is 10.6 Å². The molecule has 0 N–H and O–H groups in total. The molecule has 1 amide bonds. The highest BCUT2D eigenvalue weighted by Gasteiger charge is 2.38. The summed E-state index contributed by atoms with van der Waals surface area (Å²) in [4.78, 5) is 25.6. The number of rotatable bonds is 3. The SMILES string of the molecule is O=C1C(=O)N(CCc2ccccc2)c2c(Cl)ccc(Cl)c21. The first-order chi connectivity index (χ1) is 10.1. The van der Waals surface area contributed by atoms with Crippen LogP contribution in [0.1, 0.15) is 15.9 Å². The Morgan fingerprint density at radius 3 is 2.29 bits per heavy atom. The average Bonchev–Trinajstić information content (AvgIpc) is 2.75. The van der Waals surface area contributed by atoms with Gasteiger partial charge in [0.25, 0.3) is 11.7 Å². The van der Waals surface area contributed by atoms with E-state index in [9.17, 15) is 9.59 Å². The molecule has 2 aromatic rings. The molecule has 0 atom stereocenters. The van der Waals surface area contributed by atoms with Crippen LogP contribution in [0.5, 0.6) is 0 Å². The van der Waals surface area contributed by atoms with Gasteiger partial charge in [-0.25, -0.2) is 0 Å². The number of Topliss-reactive ketones (excluding diaryl/α,β-unsaturated/α-hetero) is 1. The van der Waals surface area contributed by atoms with Crippen LogP contribution in [0.15, 0.2) is 42.5 Å². The Morgan fingerprint density at radius 2 is 1.57 bits per heavy atom. The maximum absolute atomic E-state index is 12.1. The normalized spacial score (nSPS) is 13.7. The van der Waals surface area contributed by atoms with Gasteiger partial charge in [0.05, 0.1) is 21.3 Å². The van der Waals surface area contributed by atoms with Gasteiger partial charge in [0.1, 0.15) is 0 Å². The van der Waals surface area contributed by atoms with Crippen LogP contribution >= 0.6 is 23.2 Å². The molecular weight excluding hydrogens is 309 g/mol. The maximum Gasteiger partial charge on any atom is 0.299 e. The van der Waals surface area contributed by atoms with Crippen molar-refractivity contribution in [1.82, 2.24) is 0 Å². The average molecular weight is 320 g/mol. The molecule has 0 aliphatic carbocycles. The molecule has 1 aliphatic heterocycles. The van der Waals surface area contributed by atoms with Crippen LogP contribution in [0.4, 0.5) is 5.69 Å². The molecule has 2 aromatic carbocycles. The molecule has 0 fully saturated rings. The van der Waals surface area contributed by atoms with Gasteiger partial charge in [-0.15, -0.1) is 0 Å². The zero-order chi connectivity index (χ0) is 15.0. The minimum atomic E-state index is -0.592. The van der Waals surface area contributed by atoms with Gasteiger partial charge in [-0.2, -0.15) is 0 Å². The highest BCUT2D eigenvalue weighted by molar-refractivity contribution is 6.56. The van der Waals surface area contributed by atoms with Crippen molar-refractivity contribution >= 4 is 40.6 Å². The lowest BCUT2D eigenvalue weighted by Crippen LogP contribution is -2.31. The van der Waals surface area contributed by atoms with Gasteiger partial charge in [0, 0.05) is 6.54 Å². The summed E-state index contributed by atoms with van der Waals surface area (Å²) in [5.74, 6) is -1.17. The van der Waals surface area contributed by atoms with Crippen molar-refractivity contribution in [3.8, 4) is 0 Å². The lowest BCUT2D eigenvalue weighted by molar-refractivity contribution is -0.114. The number of carbonyl (C=O) groups is 2. The van der Waals surface area contributed by atoms with Crippen LogP contribution in [0, 0.1) is 0 Å². The predicted octanol–water partition coefficient (Wildman–Crippen LogP) is 3.77. The molecule has 5 heteroatoms. The van der Waals surface area contributed by atoms with E-state index in [1.54, 1.807) is 6.07 Å². The van der Waals surface area contributed by atoms with Crippen molar-refractivity contribution in [3.05, 3.63) is 63.6 Å². The summed E-state index contributed by atoms with van der Waals surface area (Å²) >= 11 is 12.2. The second-order valence-electron chi connectivity index (χ2n) is 4.77. The van der Waals surface area contributed by atoms with Crippen molar-refractivity contribution in [3.63, 3.8) is 0 Å². The van der Waals surface area contributed by atoms with Gasteiger partial charge in [0.15, 0.2) is 0 Å². The fourth-order valence-electron chi connectivity index (χ4n) is 2.45. The number of halogens is 2. The summed E-state index contributed by atoms with van der Waals surface area (Å²) in [6, 6.07) is 12.9. The van der Waals surface area contributed by atoms with Crippen LogP contribution in [0.3, 0.4) is 0 Å². The molecule has 3 nitrogen and oxygen atoms in total. The number of hydrogen-bond acceptors (Lipinski definition) is 2. The van der Waals surface area contributed by atoms with E-state index in [4.69, 9.17) is 23.2 Å². The Kier molecular flexibility index (Phi) is 3.70. The summed E-state index contributed by atoms with van der Waals surface area (Å²) in [7, 11) is 0. The fourth-order valence-corrected chi connectivity index (χ4v) is 2.95. The quantitative estimate of drug-likeness (QED) is 0.808. The van der Waals surface area contributed by atoms with Gasteiger partial charge in [-0.3, -0.25) is 9.59 Å². The van der Waals surface area contributed by atoms with Crippen molar-refractivity contribution in [2.24, 2.45) is 0 Å². The van der Waals surface area contributed by atoms with E-state index in [2.05, 4.69) is 0 Å². The van der Waals surface area contributed by atoms with Crippen molar-refractivity contribution < 1.29 is 9.59 Å². The summed E-state index contributed by atoms with van der Waals surface area (Å²) in [6.45, 7) is 0.391. The molecule has 0 saturated carbocycles. The zero-order valence-corrected chi connectivity index (χ0v) is 12.5. The van der Waals surface area contributed by atoms with Crippen LogP contribution in [0.25, 0.3) is 0 Å². The summed E-state index contributed by atoms with van der Waals surface area (Å²) in [5.41, 5.74) is 1.72. The number of amides is 1. The first kappa shape index (κ1) is 14.1. The molecular formula is C16H11Cl2NO2. The molecule has 0 bridgehead atoms. The summed E-state index contributed by atoms with van der Waals surface area (Å²) < 4.78 is 0. The number of nitrogens with zero attached hydrogens (tertiary/aromatic N) is 1. The lowest BCUT2D eigenvalue weighted by atomic mass is 10.1. The summed E-state index contributed by atoms with van der Waals surface area (Å²) in [6.07, 6.45) is 0.641. The Balaban J connectivity index is 1.93. The van der Waals surface area contributed by atoms with E-state index < -0.39 is 11.7 Å². The Bertz CT molecular complexity index is 729. The second-order valence-corrected chi connectivity index (χ2v) is 5.59. The van der Waals surface area contributed by atoms with Crippen molar-refractivity contribution in [2.75, 3.05) is 11.4 Å².